The highest BCUT2D eigenvalue weighted by atomic mass is 35.5. The van der Waals surface area contributed by atoms with Crippen LogP contribution in [-0.4, -0.2) is 29.5 Å². The van der Waals surface area contributed by atoms with Crippen molar-refractivity contribution in [3.8, 4) is 17.2 Å². The summed E-state index contributed by atoms with van der Waals surface area (Å²) in [5.74, 6) is 1.11. The van der Waals surface area contributed by atoms with Gasteiger partial charge in [-0.1, -0.05) is 23.7 Å². The van der Waals surface area contributed by atoms with Gasteiger partial charge in [-0.25, -0.2) is 4.98 Å². The highest BCUT2D eigenvalue weighted by molar-refractivity contribution is 6.32. The fourth-order valence-electron chi connectivity index (χ4n) is 3.26. The molecule has 7 nitrogen and oxygen atoms in total. The van der Waals surface area contributed by atoms with Crippen LogP contribution in [0.25, 0.3) is 5.65 Å². The third-order valence-electron chi connectivity index (χ3n) is 4.85. The number of hydrogen-bond acceptors (Lipinski definition) is 5. The van der Waals surface area contributed by atoms with Gasteiger partial charge in [-0.15, -0.1) is 0 Å². The van der Waals surface area contributed by atoms with Crippen LogP contribution < -0.4 is 19.5 Å². The molecule has 4 aromatic rings. The predicted molar refractivity (Wildman–Crippen MR) is 123 cm³/mol. The van der Waals surface area contributed by atoms with E-state index in [1.54, 1.807) is 36.4 Å². The molecule has 1 amide bonds. The van der Waals surface area contributed by atoms with Gasteiger partial charge in [-0.2, -0.15) is 0 Å². The molecule has 0 fully saturated rings. The number of benzene rings is 2. The number of fused-ring (bicyclic) bond motifs is 1. The molecule has 1 N–H and O–H groups in total. The minimum absolute atomic E-state index is 0.286. The van der Waals surface area contributed by atoms with Crippen molar-refractivity contribution in [3.05, 3.63) is 82.8 Å². The van der Waals surface area contributed by atoms with Gasteiger partial charge in [0.25, 0.3) is 5.91 Å². The quantitative estimate of drug-likeness (QED) is 0.421. The summed E-state index contributed by atoms with van der Waals surface area (Å²) in [7, 11) is 3.01. The Hall–Kier alpha value is -3.71. The lowest BCUT2D eigenvalue weighted by Gasteiger charge is -2.13. The molecule has 0 saturated heterocycles. The number of halogens is 1. The average molecular weight is 452 g/mol. The van der Waals surface area contributed by atoms with E-state index in [9.17, 15) is 4.79 Å². The minimum atomic E-state index is -0.318. The highest BCUT2D eigenvalue weighted by Gasteiger charge is 2.14. The number of carbonyl (C=O) groups excluding carboxylic acids is 1. The average Bonchev–Trinajstić information content (AvgIpc) is 3.20. The molecule has 8 heteroatoms. The number of nitrogens with zero attached hydrogens (tertiary/aromatic N) is 2. The number of ether oxygens (including phenoxy) is 3. The number of methoxy groups -OCH3 is 2. The number of pyridine rings is 1. The second kappa shape index (κ2) is 9.20. The normalized spacial score (nSPS) is 10.8. The Bertz CT molecular complexity index is 1290. The second-order valence-corrected chi connectivity index (χ2v) is 7.57. The van der Waals surface area contributed by atoms with E-state index >= 15 is 0 Å². The van der Waals surface area contributed by atoms with Gasteiger partial charge in [0.1, 0.15) is 29.5 Å². The number of aromatic nitrogens is 2. The van der Waals surface area contributed by atoms with E-state index in [0.29, 0.717) is 33.5 Å². The molecule has 32 heavy (non-hydrogen) atoms. The van der Waals surface area contributed by atoms with E-state index in [2.05, 4.69) is 10.3 Å². The summed E-state index contributed by atoms with van der Waals surface area (Å²) >= 11 is 6.13. The molecular weight excluding hydrogens is 430 g/mol. The van der Waals surface area contributed by atoms with Crippen LogP contribution in [0.2, 0.25) is 5.02 Å². The molecule has 0 saturated carbocycles. The number of imidazole rings is 1. The van der Waals surface area contributed by atoms with Gasteiger partial charge in [-0.3, -0.25) is 4.79 Å². The lowest BCUT2D eigenvalue weighted by molar-refractivity contribution is 0.102. The van der Waals surface area contributed by atoms with Crippen LogP contribution in [0.15, 0.2) is 60.9 Å². The van der Waals surface area contributed by atoms with Crippen LogP contribution in [0.5, 0.6) is 17.2 Å². The van der Waals surface area contributed by atoms with Crippen LogP contribution in [0.4, 0.5) is 5.69 Å². The van der Waals surface area contributed by atoms with Crippen molar-refractivity contribution in [2.24, 2.45) is 0 Å². The molecule has 0 bridgehead atoms. The second-order valence-electron chi connectivity index (χ2n) is 7.16. The first-order chi connectivity index (χ1) is 15.5. The summed E-state index contributed by atoms with van der Waals surface area (Å²) < 4.78 is 18.4. The smallest absolute Gasteiger partial charge is 0.255 e. The molecule has 0 spiro atoms. The molecule has 0 aliphatic heterocycles. The third kappa shape index (κ3) is 4.63. The SMILES string of the molecule is COc1cc(NC(=O)c2cccc(OCc3cn4cc(C)ccc4n3)c2)c(OC)cc1Cl. The van der Waals surface area contributed by atoms with E-state index in [1.165, 1.54) is 14.2 Å². The molecule has 2 heterocycles. The number of anilines is 1. The molecule has 0 unspecified atom stereocenters. The largest absolute Gasteiger partial charge is 0.495 e. The highest BCUT2D eigenvalue weighted by Crippen LogP contribution is 2.36. The van der Waals surface area contributed by atoms with Gasteiger partial charge in [0.15, 0.2) is 0 Å². The molecule has 164 valence electrons. The zero-order valence-corrected chi connectivity index (χ0v) is 18.6. The van der Waals surface area contributed by atoms with Gasteiger partial charge >= 0.3 is 0 Å². The van der Waals surface area contributed by atoms with Crippen molar-refractivity contribution in [1.82, 2.24) is 9.38 Å². The number of rotatable bonds is 7. The number of aryl methyl sites for hydroxylation is 1. The fraction of sp³-hybridized carbons (Fsp3) is 0.167. The lowest BCUT2D eigenvalue weighted by atomic mass is 10.2. The summed E-state index contributed by atoms with van der Waals surface area (Å²) in [6, 6.07) is 14.1. The fourth-order valence-corrected chi connectivity index (χ4v) is 3.49. The Morgan fingerprint density at radius 3 is 2.66 bits per heavy atom. The minimum Gasteiger partial charge on any atom is -0.495 e. The molecule has 0 aliphatic carbocycles. The van der Waals surface area contributed by atoms with Crippen LogP contribution in [0.1, 0.15) is 21.6 Å². The van der Waals surface area contributed by atoms with Crippen molar-refractivity contribution in [1.29, 1.82) is 0 Å². The maximum Gasteiger partial charge on any atom is 0.255 e. The van der Waals surface area contributed by atoms with Crippen LogP contribution in [0, 0.1) is 6.92 Å². The van der Waals surface area contributed by atoms with Crippen molar-refractivity contribution in [2.75, 3.05) is 19.5 Å². The molecule has 0 aliphatic rings. The number of amides is 1. The standard InChI is InChI=1S/C24H22ClN3O4/c1-15-7-8-23-26-17(13-28(23)12-15)14-32-18-6-4-5-16(9-18)24(29)27-20-11-21(30-2)19(25)10-22(20)31-3/h4-13H,14H2,1-3H3,(H,27,29). The van der Waals surface area contributed by atoms with Gasteiger partial charge in [0, 0.05) is 30.1 Å². The number of carbonyl (C=O) groups is 1. The molecule has 2 aromatic heterocycles. The van der Waals surface area contributed by atoms with Gasteiger partial charge in [0.05, 0.1) is 30.6 Å². The Morgan fingerprint density at radius 1 is 1.06 bits per heavy atom. The molecule has 0 radical (unpaired) electrons. The van der Waals surface area contributed by atoms with Crippen molar-refractivity contribution < 1.29 is 19.0 Å². The molecular formula is C24H22ClN3O4. The van der Waals surface area contributed by atoms with E-state index < -0.39 is 0 Å². The first kappa shape index (κ1) is 21.5. The monoisotopic (exact) mass is 451 g/mol. The maximum atomic E-state index is 12.8. The van der Waals surface area contributed by atoms with Crippen LogP contribution >= 0.6 is 11.6 Å². The maximum absolute atomic E-state index is 12.8. The number of hydrogen-bond donors (Lipinski definition) is 1. The predicted octanol–water partition coefficient (Wildman–Crippen LogP) is 5.14. The number of nitrogens with one attached hydrogen (secondary N) is 1. The topological polar surface area (TPSA) is 74.1 Å². The Morgan fingerprint density at radius 2 is 1.88 bits per heavy atom. The first-order valence-electron chi connectivity index (χ1n) is 9.87. The summed E-state index contributed by atoms with van der Waals surface area (Å²) in [6.07, 6.45) is 3.94. The van der Waals surface area contributed by atoms with E-state index in [4.69, 9.17) is 25.8 Å². The van der Waals surface area contributed by atoms with Crippen molar-refractivity contribution in [2.45, 2.75) is 13.5 Å². The zero-order chi connectivity index (χ0) is 22.7. The van der Waals surface area contributed by atoms with Crippen LogP contribution in [-0.2, 0) is 6.61 Å². The lowest BCUT2D eigenvalue weighted by Crippen LogP contribution is -2.13. The van der Waals surface area contributed by atoms with E-state index in [0.717, 1.165) is 16.9 Å². The Kier molecular flexibility index (Phi) is 6.18. The Labute approximate surface area is 190 Å². The van der Waals surface area contributed by atoms with Gasteiger partial charge < -0.3 is 23.9 Å². The summed E-state index contributed by atoms with van der Waals surface area (Å²) in [5, 5.41) is 3.22. The summed E-state index contributed by atoms with van der Waals surface area (Å²) in [6.45, 7) is 2.32. The summed E-state index contributed by atoms with van der Waals surface area (Å²) in [5.41, 5.74) is 3.68. The van der Waals surface area contributed by atoms with Gasteiger partial charge in [0.2, 0.25) is 0 Å². The third-order valence-corrected chi connectivity index (χ3v) is 5.15. The van der Waals surface area contributed by atoms with Crippen LogP contribution in [0.3, 0.4) is 0 Å². The van der Waals surface area contributed by atoms with Crippen molar-refractivity contribution >= 4 is 28.8 Å². The molecule has 0 atom stereocenters. The van der Waals surface area contributed by atoms with Gasteiger partial charge in [-0.05, 0) is 36.8 Å². The van der Waals surface area contributed by atoms with E-state index in [-0.39, 0.29) is 12.5 Å². The van der Waals surface area contributed by atoms with E-state index in [1.807, 2.05) is 35.9 Å². The summed E-state index contributed by atoms with van der Waals surface area (Å²) in [4.78, 5) is 17.4. The van der Waals surface area contributed by atoms with Crippen molar-refractivity contribution in [3.63, 3.8) is 0 Å². The molecule has 2 aromatic carbocycles. The molecule has 4 rings (SSSR count). The Balaban J connectivity index is 1.48. The first-order valence-corrected chi connectivity index (χ1v) is 10.2. The zero-order valence-electron chi connectivity index (χ0n) is 17.9.